The number of alkyl halides is 2. The fraction of sp³-hybridized carbons (Fsp3) is 0.136. The number of fused-ring (bicyclic) bond motifs is 1. The molecule has 0 saturated carbocycles. The molecule has 1 N–H and O–H groups in total. The van der Waals surface area contributed by atoms with E-state index in [1.807, 2.05) is 6.07 Å². The Morgan fingerprint density at radius 1 is 1.10 bits per heavy atom. The van der Waals surface area contributed by atoms with Gasteiger partial charge in [0.05, 0.1) is 16.8 Å². The Hall–Kier alpha value is -3.68. The van der Waals surface area contributed by atoms with Crippen molar-refractivity contribution in [1.82, 2.24) is 14.8 Å². The van der Waals surface area contributed by atoms with Crippen LogP contribution in [0.2, 0.25) is 0 Å². The summed E-state index contributed by atoms with van der Waals surface area (Å²) in [5, 5.41) is 7.05. The largest absolute Gasteiger partial charge is 0.324 e. The highest BCUT2D eigenvalue weighted by molar-refractivity contribution is 5.92. The average molecular weight is 410 g/mol. The lowest BCUT2D eigenvalue weighted by atomic mass is 10.1. The van der Waals surface area contributed by atoms with E-state index in [9.17, 15) is 18.0 Å². The number of rotatable bonds is 5. The summed E-state index contributed by atoms with van der Waals surface area (Å²) >= 11 is 0. The van der Waals surface area contributed by atoms with Gasteiger partial charge in [-0.15, -0.1) is 0 Å². The molecular weight excluding hydrogens is 393 g/mol. The summed E-state index contributed by atoms with van der Waals surface area (Å²) < 4.78 is 42.2. The van der Waals surface area contributed by atoms with E-state index in [0.717, 1.165) is 0 Å². The van der Waals surface area contributed by atoms with Crippen molar-refractivity contribution in [3.8, 4) is 11.3 Å². The van der Waals surface area contributed by atoms with Gasteiger partial charge < -0.3 is 5.32 Å². The number of pyridine rings is 1. The van der Waals surface area contributed by atoms with Gasteiger partial charge in [0.25, 0.3) is 6.43 Å². The molecule has 2 heterocycles. The van der Waals surface area contributed by atoms with Crippen molar-refractivity contribution in [3.63, 3.8) is 0 Å². The molecule has 8 heteroatoms. The second-order valence-electron chi connectivity index (χ2n) is 6.76. The fourth-order valence-electron chi connectivity index (χ4n) is 3.33. The van der Waals surface area contributed by atoms with Crippen molar-refractivity contribution in [2.75, 3.05) is 5.32 Å². The van der Waals surface area contributed by atoms with Crippen LogP contribution in [-0.2, 0) is 11.3 Å². The zero-order valence-corrected chi connectivity index (χ0v) is 15.9. The van der Waals surface area contributed by atoms with E-state index < -0.39 is 18.1 Å². The van der Waals surface area contributed by atoms with Crippen LogP contribution in [0.25, 0.3) is 22.3 Å². The van der Waals surface area contributed by atoms with Crippen molar-refractivity contribution in [2.24, 2.45) is 0 Å². The number of nitrogens with zero attached hydrogens (tertiary/aromatic N) is 3. The maximum Gasteiger partial charge on any atom is 0.264 e. The third-order valence-corrected chi connectivity index (χ3v) is 4.61. The summed E-state index contributed by atoms with van der Waals surface area (Å²) in [5.74, 6) is -0.959. The lowest BCUT2D eigenvalue weighted by Gasteiger charge is -2.09. The molecule has 152 valence electrons. The van der Waals surface area contributed by atoms with Gasteiger partial charge in [-0.1, -0.05) is 36.4 Å². The number of aryl methyl sites for hydroxylation is 1. The maximum absolute atomic E-state index is 13.8. The van der Waals surface area contributed by atoms with Crippen molar-refractivity contribution < 1.29 is 18.0 Å². The molecule has 1 amide bonds. The molecule has 0 unspecified atom stereocenters. The van der Waals surface area contributed by atoms with E-state index in [4.69, 9.17) is 0 Å². The van der Waals surface area contributed by atoms with Gasteiger partial charge in [0.1, 0.15) is 12.4 Å². The van der Waals surface area contributed by atoms with Crippen molar-refractivity contribution in [1.29, 1.82) is 0 Å². The standard InChI is InChI=1S/C22H17F3N4O/c1-13-20-17(21(24)25)11-18(14-6-3-2-4-7-14)27-22(20)29(28-13)12-19(30)26-16-9-5-8-15(23)10-16/h2-11,21H,12H2,1H3,(H,26,30). The molecule has 5 nitrogen and oxygen atoms in total. The highest BCUT2D eigenvalue weighted by Crippen LogP contribution is 2.33. The number of nitrogens with one attached hydrogen (secondary N) is 1. The minimum atomic E-state index is -2.73. The second kappa shape index (κ2) is 7.98. The predicted octanol–water partition coefficient (Wildman–Crippen LogP) is 5.12. The van der Waals surface area contributed by atoms with Crippen LogP contribution in [0.1, 0.15) is 17.7 Å². The Labute approximate surface area is 170 Å². The maximum atomic E-state index is 13.8. The SMILES string of the molecule is Cc1nn(CC(=O)Nc2cccc(F)c2)c2nc(-c3ccccc3)cc(C(F)F)c12. The molecule has 0 aliphatic heterocycles. The number of halogens is 3. The molecule has 30 heavy (non-hydrogen) atoms. The summed E-state index contributed by atoms with van der Waals surface area (Å²) in [6, 6.07) is 15.8. The highest BCUT2D eigenvalue weighted by Gasteiger charge is 2.22. The normalized spacial score (nSPS) is 11.2. The number of aromatic nitrogens is 3. The third-order valence-electron chi connectivity index (χ3n) is 4.61. The number of anilines is 1. The van der Waals surface area contributed by atoms with Crippen LogP contribution in [0.4, 0.5) is 18.9 Å². The predicted molar refractivity (Wildman–Crippen MR) is 108 cm³/mol. The molecule has 4 aromatic rings. The van der Waals surface area contributed by atoms with Gasteiger partial charge in [-0.3, -0.25) is 4.79 Å². The van der Waals surface area contributed by atoms with Crippen LogP contribution in [0.3, 0.4) is 0 Å². The van der Waals surface area contributed by atoms with Crippen molar-refractivity contribution in [3.05, 3.63) is 77.7 Å². The molecule has 0 atom stereocenters. The first-order valence-corrected chi connectivity index (χ1v) is 9.19. The topological polar surface area (TPSA) is 59.8 Å². The molecule has 0 bridgehead atoms. The molecule has 4 rings (SSSR count). The summed E-state index contributed by atoms with van der Waals surface area (Å²) in [7, 11) is 0. The van der Waals surface area contributed by atoms with Crippen LogP contribution in [0.5, 0.6) is 0 Å². The summed E-state index contributed by atoms with van der Waals surface area (Å²) in [6.07, 6.45) is -2.73. The highest BCUT2D eigenvalue weighted by atomic mass is 19.3. The zero-order chi connectivity index (χ0) is 21.3. The van der Waals surface area contributed by atoms with Gasteiger partial charge in [0.2, 0.25) is 5.91 Å². The molecule has 0 radical (unpaired) electrons. The second-order valence-corrected chi connectivity index (χ2v) is 6.76. The Kier molecular flexibility index (Phi) is 5.22. The molecule has 0 aliphatic rings. The summed E-state index contributed by atoms with van der Waals surface area (Å²) in [4.78, 5) is 17.0. The molecule has 0 aliphatic carbocycles. The summed E-state index contributed by atoms with van der Waals surface area (Å²) in [6.45, 7) is 1.34. The minimum Gasteiger partial charge on any atom is -0.324 e. The zero-order valence-electron chi connectivity index (χ0n) is 15.9. The van der Waals surface area contributed by atoms with Crippen LogP contribution in [0, 0.1) is 12.7 Å². The van der Waals surface area contributed by atoms with Gasteiger partial charge in [0.15, 0.2) is 5.65 Å². The summed E-state index contributed by atoms with van der Waals surface area (Å²) in [5.41, 5.74) is 1.69. The van der Waals surface area contributed by atoms with Gasteiger partial charge in [0, 0.05) is 16.8 Å². The minimum absolute atomic E-state index is 0.187. The Balaban J connectivity index is 1.75. The first-order valence-electron chi connectivity index (χ1n) is 9.19. The lowest BCUT2D eigenvalue weighted by Crippen LogP contribution is -2.20. The molecule has 0 spiro atoms. The van der Waals surface area contributed by atoms with Gasteiger partial charge in [-0.25, -0.2) is 22.8 Å². The first kappa shape index (κ1) is 19.6. The number of carbonyl (C=O) groups excluding carboxylic acids is 1. The smallest absolute Gasteiger partial charge is 0.264 e. The number of hydrogen-bond acceptors (Lipinski definition) is 3. The number of carbonyl (C=O) groups is 1. The first-order chi connectivity index (χ1) is 14.4. The number of benzene rings is 2. The van der Waals surface area contributed by atoms with Crippen LogP contribution < -0.4 is 5.32 Å². The fourth-order valence-corrected chi connectivity index (χ4v) is 3.33. The molecular formula is C22H17F3N4O. The number of hydrogen-bond donors (Lipinski definition) is 1. The molecule has 0 saturated heterocycles. The molecule has 2 aromatic carbocycles. The van der Waals surface area contributed by atoms with E-state index in [-0.39, 0.29) is 23.1 Å². The van der Waals surface area contributed by atoms with Crippen LogP contribution >= 0.6 is 0 Å². The van der Waals surface area contributed by atoms with E-state index in [1.54, 1.807) is 37.3 Å². The van der Waals surface area contributed by atoms with E-state index in [2.05, 4.69) is 15.4 Å². The van der Waals surface area contributed by atoms with Crippen LogP contribution in [0.15, 0.2) is 60.7 Å². The van der Waals surface area contributed by atoms with E-state index in [0.29, 0.717) is 22.6 Å². The Morgan fingerprint density at radius 2 is 1.87 bits per heavy atom. The van der Waals surface area contributed by atoms with Gasteiger partial charge in [-0.2, -0.15) is 5.10 Å². The lowest BCUT2D eigenvalue weighted by molar-refractivity contribution is -0.116. The average Bonchev–Trinajstić information content (AvgIpc) is 3.03. The third kappa shape index (κ3) is 3.89. The van der Waals surface area contributed by atoms with E-state index >= 15 is 0 Å². The van der Waals surface area contributed by atoms with E-state index in [1.165, 1.54) is 28.9 Å². The number of amides is 1. The van der Waals surface area contributed by atoms with Gasteiger partial charge >= 0.3 is 0 Å². The molecule has 2 aromatic heterocycles. The van der Waals surface area contributed by atoms with Crippen molar-refractivity contribution >= 4 is 22.6 Å². The molecule has 0 fully saturated rings. The van der Waals surface area contributed by atoms with Crippen molar-refractivity contribution in [2.45, 2.75) is 19.9 Å². The quantitative estimate of drug-likeness (QED) is 0.497. The Bertz CT molecular complexity index is 1220. The Morgan fingerprint density at radius 3 is 2.57 bits per heavy atom. The monoisotopic (exact) mass is 410 g/mol. The van der Waals surface area contributed by atoms with Gasteiger partial charge in [-0.05, 0) is 31.2 Å². The van der Waals surface area contributed by atoms with Crippen LogP contribution in [-0.4, -0.2) is 20.7 Å².